The average molecular weight is 198 g/mol. The van der Waals surface area contributed by atoms with Gasteiger partial charge < -0.3 is 23.4 Å². The van der Waals surface area contributed by atoms with Crippen molar-refractivity contribution < 1.29 is 38.1 Å². The molecule has 0 rings (SSSR count). The van der Waals surface area contributed by atoms with Gasteiger partial charge in [0.05, 0.1) is 0 Å². The second-order valence-corrected chi connectivity index (χ2v) is 1.91. The first-order valence-electron chi connectivity index (χ1n) is 3.21. The molecule has 0 saturated carbocycles. The van der Waals surface area contributed by atoms with Gasteiger partial charge in [-0.05, 0) is 0 Å². The van der Waals surface area contributed by atoms with Crippen LogP contribution in [-0.2, 0) is 21.7 Å². The van der Waals surface area contributed by atoms with Crippen LogP contribution in [0.25, 0.3) is 0 Å². The Labute approximate surface area is 84.4 Å². The van der Waals surface area contributed by atoms with E-state index in [-0.39, 0.29) is 38.1 Å². The van der Waals surface area contributed by atoms with E-state index in [1.807, 2.05) is 0 Å². The molecule has 0 saturated heterocycles. The van der Waals surface area contributed by atoms with Crippen molar-refractivity contribution in [2.45, 2.75) is 39.0 Å². The Balaban J connectivity index is -0.0000000300. The molecule has 0 aliphatic rings. The Morgan fingerprint density at radius 2 is 1.36 bits per heavy atom. The van der Waals surface area contributed by atoms with E-state index in [0.717, 1.165) is 6.42 Å². The summed E-state index contributed by atoms with van der Waals surface area (Å²) in [5, 5.41) is 0. The first-order chi connectivity index (χ1) is 3.41. The average Bonchev–Trinajstić information content (AvgIpc) is 1.69. The SMILES string of the molecule is [CH2-]CCCCCC.[OH-].[OH-].[OH-].[Ti+4]. The quantitative estimate of drug-likeness (QED) is 0.394. The van der Waals surface area contributed by atoms with E-state index < -0.39 is 0 Å². The van der Waals surface area contributed by atoms with Crippen LogP contribution >= 0.6 is 0 Å². The predicted molar refractivity (Wildman–Crippen MR) is 39.9 cm³/mol. The molecule has 0 aliphatic carbocycles. The van der Waals surface area contributed by atoms with Crippen LogP contribution in [0.3, 0.4) is 0 Å². The van der Waals surface area contributed by atoms with Crippen molar-refractivity contribution in [1.82, 2.24) is 0 Å². The molecule has 0 bridgehead atoms. The largest absolute Gasteiger partial charge is 4.00 e. The molecular weight excluding hydrogens is 180 g/mol. The summed E-state index contributed by atoms with van der Waals surface area (Å²) in [5.41, 5.74) is 0. The van der Waals surface area contributed by atoms with Crippen molar-refractivity contribution in [2.75, 3.05) is 0 Å². The van der Waals surface area contributed by atoms with Crippen molar-refractivity contribution in [3.05, 3.63) is 6.92 Å². The maximum absolute atomic E-state index is 3.76. The van der Waals surface area contributed by atoms with Crippen molar-refractivity contribution in [2.24, 2.45) is 0 Å². The van der Waals surface area contributed by atoms with Crippen LogP contribution in [0.2, 0.25) is 0 Å². The van der Waals surface area contributed by atoms with Gasteiger partial charge in [-0.25, -0.2) is 0 Å². The Kier molecular flexibility index (Phi) is 84.8. The van der Waals surface area contributed by atoms with Gasteiger partial charge in [0.25, 0.3) is 0 Å². The Hall–Kier alpha value is 0.594. The van der Waals surface area contributed by atoms with Crippen molar-refractivity contribution in [3.63, 3.8) is 0 Å². The van der Waals surface area contributed by atoms with Crippen molar-refractivity contribution in [1.29, 1.82) is 0 Å². The van der Waals surface area contributed by atoms with Crippen molar-refractivity contribution >= 4 is 0 Å². The fourth-order valence-corrected chi connectivity index (χ4v) is 0.604. The molecule has 0 aromatic rings. The van der Waals surface area contributed by atoms with Crippen LogP contribution in [0.15, 0.2) is 0 Å². The number of rotatable bonds is 4. The van der Waals surface area contributed by atoms with Gasteiger partial charge in [0, 0.05) is 0 Å². The summed E-state index contributed by atoms with van der Waals surface area (Å²) in [6.45, 7) is 5.98. The van der Waals surface area contributed by atoms with Crippen LogP contribution in [0.4, 0.5) is 0 Å². The summed E-state index contributed by atoms with van der Waals surface area (Å²) in [4.78, 5) is 0. The Morgan fingerprint density at radius 3 is 1.64 bits per heavy atom. The fourth-order valence-electron chi connectivity index (χ4n) is 0.604. The van der Waals surface area contributed by atoms with Gasteiger partial charge in [0.15, 0.2) is 0 Å². The van der Waals surface area contributed by atoms with E-state index in [1.54, 1.807) is 0 Å². The van der Waals surface area contributed by atoms with Gasteiger partial charge in [-0.15, -0.1) is 0 Å². The zero-order valence-corrected chi connectivity index (χ0v) is 8.65. The summed E-state index contributed by atoms with van der Waals surface area (Å²) < 4.78 is 0. The van der Waals surface area contributed by atoms with Gasteiger partial charge in [0.2, 0.25) is 0 Å². The molecule has 68 valence electrons. The summed E-state index contributed by atoms with van der Waals surface area (Å²) in [7, 11) is 0. The first-order valence-corrected chi connectivity index (χ1v) is 3.21. The minimum Gasteiger partial charge on any atom is -0.870 e. The second-order valence-electron chi connectivity index (χ2n) is 1.91. The van der Waals surface area contributed by atoms with E-state index in [0.29, 0.717) is 0 Å². The van der Waals surface area contributed by atoms with Gasteiger partial charge in [-0.2, -0.15) is 6.42 Å². The zero-order chi connectivity index (χ0) is 5.54. The summed E-state index contributed by atoms with van der Waals surface area (Å²) in [6, 6.07) is 0. The van der Waals surface area contributed by atoms with E-state index >= 15 is 0 Å². The molecule has 3 N–H and O–H groups in total. The molecule has 0 atom stereocenters. The molecule has 0 aliphatic heterocycles. The zero-order valence-electron chi connectivity index (χ0n) is 7.08. The van der Waals surface area contributed by atoms with Gasteiger partial charge in [0.1, 0.15) is 0 Å². The number of hydrogen-bond donors (Lipinski definition) is 0. The molecule has 0 aromatic carbocycles. The molecule has 0 aromatic heterocycles. The standard InChI is InChI=1S/C7H15.3H2O.Ti/c1-3-5-7-6-4-2;;;;/h1,3-7H2,2H3;3*1H2;/q-1;;;;+4/p-3. The molecule has 0 fully saturated rings. The Bertz CT molecular complexity index is 32.9. The number of unbranched alkanes of at least 4 members (excludes halogenated alkanes) is 4. The van der Waals surface area contributed by atoms with Crippen LogP contribution in [0.1, 0.15) is 39.0 Å². The third kappa shape index (κ3) is 37.1. The summed E-state index contributed by atoms with van der Waals surface area (Å²) in [5.74, 6) is 0. The predicted octanol–water partition coefficient (Wildman–Crippen LogP) is 2.26. The third-order valence-electron chi connectivity index (χ3n) is 1.10. The molecule has 0 unspecified atom stereocenters. The normalized spacial score (nSPS) is 6.00. The molecule has 0 radical (unpaired) electrons. The number of hydrogen-bond acceptors (Lipinski definition) is 3. The van der Waals surface area contributed by atoms with Crippen LogP contribution in [-0.4, -0.2) is 16.4 Å². The van der Waals surface area contributed by atoms with E-state index in [4.69, 9.17) is 0 Å². The van der Waals surface area contributed by atoms with Crippen molar-refractivity contribution in [3.8, 4) is 0 Å². The van der Waals surface area contributed by atoms with Crippen LogP contribution in [0.5, 0.6) is 0 Å². The van der Waals surface area contributed by atoms with Gasteiger partial charge in [-0.3, -0.25) is 0 Å². The summed E-state index contributed by atoms with van der Waals surface area (Å²) >= 11 is 0. The van der Waals surface area contributed by atoms with Crippen LogP contribution < -0.4 is 0 Å². The molecule has 3 nitrogen and oxygen atoms in total. The van der Waals surface area contributed by atoms with E-state index in [1.165, 1.54) is 25.7 Å². The molecule has 0 heterocycles. The molecular formula is C7H18O3Ti. The molecule has 11 heavy (non-hydrogen) atoms. The first kappa shape index (κ1) is 29.9. The monoisotopic (exact) mass is 198 g/mol. The minimum absolute atomic E-state index is 0. The Morgan fingerprint density at radius 1 is 0.909 bits per heavy atom. The second kappa shape index (κ2) is 31.2. The smallest absolute Gasteiger partial charge is 0.870 e. The molecule has 0 amide bonds. The van der Waals surface area contributed by atoms with E-state index in [9.17, 15) is 0 Å². The minimum atomic E-state index is 0. The maximum Gasteiger partial charge on any atom is 4.00 e. The summed E-state index contributed by atoms with van der Waals surface area (Å²) in [6.07, 6.45) is 6.52. The van der Waals surface area contributed by atoms with E-state index in [2.05, 4.69) is 13.8 Å². The third-order valence-corrected chi connectivity index (χ3v) is 1.10. The maximum atomic E-state index is 3.76. The molecule has 0 spiro atoms. The molecule has 4 heteroatoms. The topological polar surface area (TPSA) is 90.0 Å². The van der Waals surface area contributed by atoms with Gasteiger partial charge in [-0.1, -0.05) is 32.6 Å². The fraction of sp³-hybridized carbons (Fsp3) is 0.857. The van der Waals surface area contributed by atoms with Crippen LogP contribution in [0, 0.1) is 6.92 Å². The van der Waals surface area contributed by atoms with Gasteiger partial charge >= 0.3 is 21.7 Å².